The topological polar surface area (TPSA) is 55.6 Å². The SMILES string of the molecule is CC(C)(C)OC(=O)N1CCC=C(c2ccc3ocnc3c2)C1. The highest BCUT2D eigenvalue weighted by Crippen LogP contribution is 2.25. The Morgan fingerprint density at radius 3 is 2.95 bits per heavy atom. The normalized spacial score (nSPS) is 15.8. The highest BCUT2D eigenvalue weighted by molar-refractivity contribution is 5.81. The predicted octanol–water partition coefficient (Wildman–Crippen LogP) is 3.85. The number of ether oxygens (including phenoxy) is 1. The van der Waals surface area contributed by atoms with Crippen molar-refractivity contribution in [2.75, 3.05) is 13.1 Å². The Kier molecular flexibility index (Phi) is 3.64. The fourth-order valence-corrected chi connectivity index (χ4v) is 2.49. The first kappa shape index (κ1) is 14.6. The monoisotopic (exact) mass is 300 g/mol. The average molecular weight is 300 g/mol. The van der Waals surface area contributed by atoms with Crippen molar-refractivity contribution in [3.8, 4) is 0 Å². The van der Waals surface area contributed by atoms with Gasteiger partial charge in [-0.25, -0.2) is 9.78 Å². The molecule has 5 heteroatoms. The first-order valence-corrected chi connectivity index (χ1v) is 7.43. The molecule has 0 radical (unpaired) electrons. The minimum absolute atomic E-state index is 0.263. The van der Waals surface area contributed by atoms with Gasteiger partial charge in [0.25, 0.3) is 0 Å². The van der Waals surface area contributed by atoms with Crippen LogP contribution in [0.5, 0.6) is 0 Å². The molecule has 1 aliphatic rings. The van der Waals surface area contributed by atoms with Crippen molar-refractivity contribution in [2.24, 2.45) is 0 Å². The van der Waals surface area contributed by atoms with Crippen LogP contribution in [0.4, 0.5) is 4.79 Å². The van der Waals surface area contributed by atoms with Gasteiger partial charge in [-0.15, -0.1) is 0 Å². The van der Waals surface area contributed by atoms with E-state index < -0.39 is 5.60 Å². The van der Waals surface area contributed by atoms with Crippen molar-refractivity contribution in [3.63, 3.8) is 0 Å². The van der Waals surface area contributed by atoms with Crippen molar-refractivity contribution in [2.45, 2.75) is 32.8 Å². The molecular formula is C17H20N2O3. The van der Waals surface area contributed by atoms with E-state index in [-0.39, 0.29) is 6.09 Å². The van der Waals surface area contributed by atoms with Gasteiger partial charge in [-0.1, -0.05) is 12.1 Å². The van der Waals surface area contributed by atoms with E-state index in [2.05, 4.69) is 11.1 Å². The largest absolute Gasteiger partial charge is 0.444 e. The minimum atomic E-state index is -0.474. The van der Waals surface area contributed by atoms with Crippen LogP contribution in [-0.4, -0.2) is 34.7 Å². The summed E-state index contributed by atoms with van der Waals surface area (Å²) in [7, 11) is 0. The van der Waals surface area contributed by atoms with Crippen molar-refractivity contribution in [1.82, 2.24) is 9.88 Å². The van der Waals surface area contributed by atoms with Crippen LogP contribution in [-0.2, 0) is 4.74 Å². The van der Waals surface area contributed by atoms with Gasteiger partial charge in [-0.3, -0.25) is 0 Å². The Bertz CT molecular complexity index is 725. The molecule has 1 amide bonds. The van der Waals surface area contributed by atoms with Crippen LogP contribution in [0.3, 0.4) is 0 Å². The highest BCUT2D eigenvalue weighted by atomic mass is 16.6. The molecule has 5 nitrogen and oxygen atoms in total. The molecule has 22 heavy (non-hydrogen) atoms. The maximum Gasteiger partial charge on any atom is 0.410 e. The lowest BCUT2D eigenvalue weighted by Gasteiger charge is -2.30. The average Bonchev–Trinajstić information content (AvgIpc) is 2.93. The summed E-state index contributed by atoms with van der Waals surface area (Å²) in [6.07, 6.45) is 4.17. The molecule has 1 aromatic carbocycles. The van der Waals surface area contributed by atoms with Crippen LogP contribution in [0.2, 0.25) is 0 Å². The van der Waals surface area contributed by atoms with Gasteiger partial charge in [0, 0.05) is 13.1 Å². The van der Waals surface area contributed by atoms with Crippen LogP contribution in [0.15, 0.2) is 35.1 Å². The zero-order chi connectivity index (χ0) is 15.7. The van der Waals surface area contributed by atoms with E-state index in [1.54, 1.807) is 4.90 Å². The Morgan fingerprint density at radius 1 is 1.36 bits per heavy atom. The van der Waals surface area contributed by atoms with E-state index in [4.69, 9.17) is 9.15 Å². The van der Waals surface area contributed by atoms with Crippen LogP contribution < -0.4 is 0 Å². The summed E-state index contributed by atoms with van der Waals surface area (Å²) in [5.74, 6) is 0. The van der Waals surface area contributed by atoms with Gasteiger partial charge in [0.05, 0.1) is 0 Å². The Hall–Kier alpha value is -2.30. The Balaban J connectivity index is 1.77. The number of fused-ring (bicyclic) bond motifs is 1. The Morgan fingerprint density at radius 2 is 2.18 bits per heavy atom. The van der Waals surface area contributed by atoms with E-state index >= 15 is 0 Å². The molecule has 0 bridgehead atoms. The van der Waals surface area contributed by atoms with Crippen LogP contribution in [0.25, 0.3) is 16.7 Å². The molecule has 0 unspecified atom stereocenters. The molecule has 0 atom stereocenters. The molecule has 1 aromatic heterocycles. The molecular weight excluding hydrogens is 280 g/mol. The molecule has 0 N–H and O–H groups in total. The summed E-state index contributed by atoms with van der Waals surface area (Å²) in [4.78, 5) is 18.1. The second-order valence-corrected chi connectivity index (χ2v) is 6.45. The number of nitrogens with zero attached hydrogens (tertiary/aromatic N) is 2. The van der Waals surface area contributed by atoms with Gasteiger partial charge in [0.1, 0.15) is 11.1 Å². The van der Waals surface area contributed by atoms with Crippen molar-refractivity contribution < 1.29 is 13.9 Å². The fraction of sp³-hybridized carbons (Fsp3) is 0.412. The summed E-state index contributed by atoms with van der Waals surface area (Å²) in [5, 5.41) is 0. The first-order valence-electron chi connectivity index (χ1n) is 7.43. The third kappa shape index (κ3) is 3.13. The van der Waals surface area contributed by atoms with E-state index in [0.29, 0.717) is 13.1 Å². The molecule has 0 aliphatic carbocycles. The standard InChI is InChI=1S/C17H20N2O3/c1-17(2,3)22-16(20)19-8-4-5-13(10-19)12-6-7-15-14(9-12)18-11-21-15/h5-7,9,11H,4,8,10H2,1-3H3. The molecule has 0 spiro atoms. The summed E-state index contributed by atoms with van der Waals surface area (Å²) in [5.41, 5.74) is 3.30. The molecule has 2 heterocycles. The number of aromatic nitrogens is 1. The molecule has 0 fully saturated rings. The van der Waals surface area contributed by atoms with E-state index in [1.165, 1.54) is 6.39 Å². The number of hydrogen-bond acceptors (Lipinski definition) is 4. The van der Waals surface area contributed by atoms with E-state index in [0.717, 1.165) is 28.7 Å². The number of rotatable bonds is 1. The summed E-state index contributed by atoms with van der Waals surface area (Å²) in [6, 6.07) is 5.89. The second-order valence-electron chi connectivity index (χ2n) is 6.45. The maximum atomic E-state index is 12.2. The third-order valence-corrected chi connectivity index (χ3v) is 3.50. The molecule has 1 aliphatic heterocycles. The van der Waals surface area contributed by atoms with Gasteiger partial charge < -0.3 is 14.1 Å². The maximum absolute atomic E-state index is 12.2. The predicted molar refractivity (Wildman–Crippen MR) is 84.4 cm³/mol. The van der Waals surface area contributed by atoms with E-state index in [1.807, 2.05) is 39.0 Å². The second kappa shape index (κ2) is 5.48. The molecule has 116 valence electrons. The quantitative estimate of drug-likeness (QED) is 0.802. The van der Waals surface area contributed by atoms with Crippen LogP contribution >= 0.6 is 0 Å². The summed E-state index contributed by atoms with van der Waals surface area (Å²) >= 11 is 0. The van der Waals surface area contributed by atoms with Gasteiger partial charge in [0.2, 0.25) is 0 Å². The van der Waals surface area contributed by atoms with Gasteiger partial charge in [0.15, 0.2) is 12.0 Å². The van der Waals surface area contributed by atoms with Crippen molar-refractivity contribution in [1.29, 1.82) is 0 Å². The van der Waals surface area contributed by atoms with Crippen LogP contribution in [0, 0.1) is 0 Å². The van der Waals surface area contributed by atoms with Crippen molar-refractivity contribution >= 4 is 22.8 Å². The van der Waals surface area contributed by atoms with Gasteiger partial charge in [-0.2, -0.15) is 0 Å². The van der Waals surface area contributed by atoms with Gasteiger partial charge in [-0.05, 0) is 50.5 Å². The smallest absolute Gasteiger partial charge is 0.410 e. The van der Waals surface area contributed by atoms with Crippen molar-refractivity contribution in [3.05, 3.63) is 36.2 Å². The highest BCUT2D eigenvalue weighted by Gasteiger charge is 2.24. The summed E-state index contributed by atoms with van der Waals surface area (Å²) < 4.78 is 10.7. The lowest BCUT2D eigenvalue weighted by Crippen LogP contribution is -2.39. The van der Waals surface area contributed by atoms with E-state index in [9.17, 15) is 4.79 Å². The minimum Gasteiger partial charge on any atom is -0.444 e. The Labute approximate surface area is 129 Å². The fourth-order valence-electron chi connectivity index (χ4n) is 2.49. The molecule has 3 rings (SSSR count). The number of carbonyl (C=O) groups excluding carboxylic acids is 1. The van der Waals surface area contributed by atoms with Gasteiger partial charge >= 0.3 is 6.09 Å². The first-order chi connectivity index (χ1) is 10.4. The number of oxazole rings is 1. The molecule has 0 saturated carbocycles. The number of carbonyl (C=O) groups is 1. The lowest BCUT2D eigenvalue weighted by atomic mass is 10.0. The summed E-state index contributed by atoms with van der Waals surface area (Å²) in [6.45, 7) is 6.88. The molecule has 2 aromatic rings. The zero-order valence-electron chi connectivity index (χ0n) is 13.1. The lowest BCUT2D eigenvalue weighted by molar-refractivity contribution is 0.0273. The third-order valence-electron chi connectivity index (χ3n) is 3.50. The number of hydrogen-bond donors (Lipinski definition) is 0. The van der Waals surface area contributed by atoms with Crippen LogP contribution in [0.1, 0.15) is 32.8 Å². The number of amides is 1. The molecule has 0 saturated heterocycles. The number of benzene rings is 1. The zero-order valence-corrected chi connectivity index (χ0v) is 13.1.